The van der Waals surface area contributed by atoms with Crippen LogP contribution in [0.4, 0.5) is 0 Å². The first-order valence-electron chi connectivity index (χ1n) is 6.94. The molecule has 0 amide bonds. The van der Waals surface area contributed by atoms with Gasteiger partial charge in [-0.2, -0.15) is 0 Å². The van der Waals surface area contributed by atoms with Crippen LogP contribution in [-0.4, -0.2) is 19.2 Å². The van der Waals surface area contributed by atoms with Gasteiger partial charge >= 0.3 is 5.97 Å². The van der Waals surface area contributed by atoms with Gasteiger partial charge in [-0.1, -0.05) is 18.2 Å². The lowest BCUT2D eigenvalue weighted by Crippen LogP contribution is -2.34. The zero-order chi connectivity index (χ0) is 14.2. The maximum Gasteiger partial charge on any atom is 0.309 e. The highest BCUT2D eigenvalue weighted by Crippen LogP contribution is 2.44. The predicted octanol–water partition coefficient (Wildman–Crippen LogP) is 3.64. The minimum atomic E-state index is -0.552. The molecule has 0 bridgehead atoms. The second-order valence-corrected chi connectivity index (χ2v) is 6.27. The first-order chi connectivity index (χ1) is 9.64. The summed E-state index contributed by atoms with van der Waals surface area (Å²) >= 11 is 1.73. The van der Waals surface area contributed by atoms with E-state index in [1.54, 1.807) is 11.3 Å². The summed E-state index contributed by atoms with van der Waals surface area (Å²) in [5, 5.41) is 1.30. The Balaban J connectivity index is 2.02. The van der Waals surface area contributed by atoms with Crippen LogP contribution >= 0.6 is 11.3 Å². The molecular weight excluding hydrogens is 272 g/mol. The molecule has 1 atom stereocenters. The van der Waals surface area contributed by atoms with Crippen molar-refractivity contribution in [2.45, 2.75) is 32.3 Å². The molecule has 0 aliphatic carbocycles. The second kappa shape index (κ2) is 5.19. The van der Waals surface area contributed by atoms with E-state index in [2.05, 4.69) is 18.2 Å². The third-order valence-corrected chi connectivity index (χ3v) is 5.20. The van der Waals surface area contributed by atoms with Crippen LogP contribution in [0.15, 0.2) is 24.3 Å². The molecule has 1 aliphatic rings. The van der Waals surface area contributed by atoms with Crippen LogP contribution in [0.25, 0.3) is 10.1 Å². The molecule has 106 valence electrons. The van der Waals surface area contributed by atoms with Gasteiger partial charge in [0.25, 0.3) is 0 Å². The summed E-state index contributed by atoms with van der Waals surface area (Å²) in [4.78, 5) is 13.0. The minimum absolute atomic E-state index is 0.194. The Hall–Kier alpha value is -1.39. The van der Waals surface area contributed by atoms with Gasteiger partial charge in [-0.3, -0.25) is 4.79 Å². The van der Waals surface area contributed by atoms with E-state index in [9.17, 15) is 4.79 Å². The number of thiophene rings is 1. The van der Waals surface area contributed by atoms with Crippen LogP contribution in [0.2, 0.25) is 0 Å². The number of benzene rings is 1. The molecule has 0 saturated carbocycles. The highest BCUT2D eigenvalue weighted by molar-refractivity contribution is 7.19. The molecular formula is C16H18O3S. The van der Waals surface area contributed by atoms with Gasteiger partial charge in [0, 0.05) is 9.58 Å². The molecule has 3 nitrogen and oxygen atoms in total. The van der Waals surface area contributed by atoms with Gasteiger partial charge in [0.15, 0.2) is 0 Å². The standard InChI is InChI=1S/C16H18O3S/c1-3-18-14(17)10-16(2)15-12(8-9-19-16)11-6-4-5-7-13(11)20-15/h4-7H,3,8-10H2,1-2H3. The Morgan fingerprint density at radius 3 is 3.05 bits per heavy atom. The van der Waals surface area contributed by atoms with Crippen molar-refractivity contribution in [3.05, 3.63) is 34.7 Å². The van der Waals surface area contributed by atoms with Crippen LogP contribution < -0.4 is 0 Å². The number of carbonyl (C=O) groups excluding carboxylic acids is 1. The first kappa shape index (κ1) is 13.6. The van der Waals surface area contributed by atoms with E-state index in [1.165, 1.54) is 20.5 Å². The summed E-state index contributed by atoms with van der Waals surface area (Å²) < 4.78 is 12.3. The monoisotopic (exact) mass is 290 g/mol. The summed E-state index contributed by atoms with van der Waals surface area (Å²) in [6, 6.07) is 8.39. The highest BCUT2D eigenvalue weighted by atomic mass is 32.1. The molecule has 3 rings (SSSR count). The summed E-state index contributed by atoms with van der Waals surface area (Å²) in [7, 11) is 0. The van der Waals surface area contributed by atoms with Crippen LogP contribution in [0.1, 0.15) is 30.7 Å². The molecule has 0 spiro atoms. The molecule has 4 heteroatoms. The number of ether oxygens (including phenoxy) is 2. The Morgan fingerprint density at radius 2 is 2.25 bits per heavy atom. The second-order valence-electron chi connectivity index (χ2n) is 5.22. The molecule has 1 unspecified atom stereocenters. The van der Waals surface area contributed by atoms with E-state index >= 15 is 0 Å². The van der Waals surface area contributed by atoms with Crippen LogP contribution in [0, 0.1) is 0 Å². The SMILES string of the molecule is CCOC(=O)CC1(C)OCCc2c1sc1ccccc21. The number of fused-ring (bicyclic) bond motifs is 3. The maximum atomic E-state index is 11.8. The Bertz CT molecular complexity index is 646. The summed E-state index contributed by atoms with van der Waals surface area (Å²) in [5.74, 6) is -0.194. The number of esters is 1. The highest BCUT2D eigenvalue weighted by Gasteiger charge is 2.38. The predicted molar refractivity (Wildman–Crippen MR) is 80.1 cm³/mol. The van der Waals surface area contributed by atoms with E-state index in [-0.39, 0.29) is 12.4 Å². The topological polar surface area (TPSA) is 35.5 Å². The molecule has 1 aliphatic heterocycles. The van der Waals surface area contributed by atoms with E-state index in [0.717, 1.165) is 6.42 Å². The van der Waals surface area contributed by atoms with Gasteiger partial charge in [-0.05, 0) is 37.3 Å². The number of hydrogen-bond donors (Lipinski definition) is 0. The molecule has 1 aromatic carbocycles. The summed E-state index contributed by atoms with van der Waals surface area (Å²) in [6.07, 6.45) is 1.19. The van der Waals surface area contributed by atoms with E-state index in [0.29, 0.717) is 13.2 Å². The third kappa shape index (κ3) is 2.23. The lowest BCUT2D eigenvalue weighted by Gasteiger charge is -2.33. The molecule has 0 saturated heterocycles. The largest absolute Gasteiger partial charge is 0.466 e. The molecule has 0 fully saturated rings. The summed E-state index contributed by atoms with van der Waals surface area (Å²) in [6.45, 7) is 4.89. The van der Waals surface area contributed by atoms with Gasteiger partial charge in [-0.25, -0.2) is 0 Å². The number of hydrogen-bond acceptors (Lipinski definition) is 4. The van der Waals surface area contributed by atoms with E-state index < -0.39 is 5.60 Å². The lowest BCUT2D eigenvalue weighted by atomic mass is 9.91. The number of rotatable bonds is 3. The minimum Gasteiger partial charge on any atom is -0.466 e. The van der Waals surface area contributed by atoms with Crippen LogP contribution in [0.3, 0.4) is 0 Å². The molecule has 0 radical (unpaired) electrons. The normalized spacial score (nSPS) is 21.7. The third-order valence-electron chi connectivity index (χ3n) is 3.74. The molecule has 20 heavy (non-hydrogen) atoms. The van der Waals surface area contributed by atoms with Crippen molar-refractivity contribution in [2.24, 2.45) is 0 Å². The molecule has 0 N–H and O–H groups in total. The van der Waals surface area contributed by atoms with Gasteiger partial charge in [-0.15, -0.1) is 11.3 Å². The van der Waals surface area contributed by atoms with Crippen molar-refractivity contribution in [3.63, 3.8) is 0 Å². The Labute approximate surface area is 122 Å². The Morgan fingerprint density at radius 1 is 1.45 bits per heavy atom. The summed E-state index contributed by atoms with van der Waals surface area (Å²) in [5.41, 5.74) is 0.785. The quantitative estimate of drug-likeness (QED) is 0.810. The zero-order valence-corrected chi connectivity index (χ0v) is 12.6. The van der Waals surface area contributed by atoms with E-state index in [1.807, 2.05) is 19.9 Å². The van der Waals surface area contributed by atoms with Crippen molar-refractivity contribution < 1.29 is 14.3 Å². The van der Waals surface area contributed by atoms with Crippen molar-refractivity contribution in [3.8, 4) is 0 Å². The van der Waals surface area contributed by atoms with Gasteiger partial charge < -0.3 is 9.47 Å². The van der Waals surface area contributed by atoms with Crippen LogP contribution in [-0.2, 0) is 26.3 Å². The first-order valence-corrected chi connectivity index (χ1v) is 7.76. The fourth-order valence-electron chi connectivity index (χ4n) is 2.84. The number of carbonyl (C=O) groups is 1. The van der Waals surface area contributed by atoms with Gasteiger partial charge in [0.2, 0.25) is 0 Å². The lowest BCUT2D eigenvalue weighted by molar-refractivity contribution is -0.152. The molecule has 1 aromatic heterocycles. The zero-order valence-electron chi connectivity index (χ0n) is 11.8. The Kier molecular flexibility index (Phi) is 3.52. The average molecular weight is 290 g/mol. The average Bonchev–Trinajstić information content (AvgIpc) is 2.79. The molecule has 2 heterocycles. The fraction of sp³-hybridized carbons (Fsp3) is 0.438. The van der Waals surface area contributed by atoms with Gasteiger partial charge in [0.05, 0.1) is 19.6 Å². The van der Waals surface area contributed by atoms with Gasteiger partial charge in [0.1, 0.15) is 5.60 Å². The van der Waals surface area contributed by atoms with Crippen molar-refractivity contribution in [1.29, 1.82) is 0 Å². The fourth-order valence-corrected chi connectivity index (χ4v) is 4.19. The van der Waals surface area contributed by atoms with E-state index in [4.69, 9.17) is 9.47 Å². The molecule has 2 aromatic rings. The van der Waals surface area contributed by atoms with Crippen molar-refractivity contribution in [1.82, 2.24) is 0 Å². The maximum absolute atomic E-state index is 11.8. The van der Waals surface area contributed by atoms with Crippen molar-refractivity contribution in [2.75, 3.05) is 13.2 Å². The van der Waals surface area contributed by atoms with Crippen LogP contribution in [0.5, 0.6) is 0 Å². The van der Waals surface area contributed by atoms with Crippen molar-refractivity contribution >= 4 is 27.4 Å². The smallest absolute Gasteiger partial charge is 0.309 e.